The Morgan fingerprint density at radius 2 is 1.87 bits per heavy atom. The minimum atomic E-state index is -0.161. The first-order chi connectivity index (χ1) is 14.5. The number of benzene rings is 1. The number of nitrogens with zero attached hydrogens (tertiary/aromatic N) is 2. The van der Waals surface area contributed by atoms with Gasteiger partial charge in [-0.05, 0) is 70.8 Å². The van der Waals surface area contributed by atoms with Gasteiger partial charge in [-0.3, -0.25) is 19.4 Å². The number of carbonyl (C=O) groups excluding carboxylic acids is 2. The molecule has 2 saturated heterocycles. The normalized spacial score (nSPS) is 27.9. The molecular formula is C23H34N4O2S. The fourth-order valence-corrected chi connectivity index (χ4v) is 6.10. The number of piperidine rings is 2. The Bertz CT molecular complexity index is 770. The predicted octanol–water partition coefficient (Wildman–Crippen LogP) is 3.54. The highest BCUT2D eigenvalue weighted by Gasteiger charge is 2.33. The molecule has 0 radical (unpaired) electrons. The van der Waals surface area contributed by atoms with Crippen molar-refractivity contribution in [3.63, 3.8) is 0 Å². The third-order valence-corrected chi connectivity index (χ3v) is 8.06. The molecular weight excluding hydrogens is 396 g/mol. The molecule has 2 N–H and O–H groups in total. The monoisotopic (exact) mass is 430 g/mol. The van der Waals surface area contributed by atoms with Crippen LogP contribution in [0.25, 0.3) is 0 Å². The quantitative estimate of drug-likeness (QED) is 0.748. The predicted molar refractivity (Wildman–Crippen MR) is 122 cm³/mol. The molecule has 1 aromatic rings. The summed E-state index contributed by atoms with van der Waals surface area (Å²) in [7, 11) is 0. The molecule has 3 heterocycles. The second-order valence-electron chi connectivity index (χ2n) is 8.89. The SMILES string of the molecule is CC1CCCC(C)N1CCNC(=O)c1ccc2c(c1)NC(=O)C(N1CCCCC1)S2. The molecule has 0 aromatic heterocycles. The van der Waals surface area contributed by atoms with E-state index in [1.54, 1.807) is 11.8 Å². The van der Waals surface area contributed by atoms with Crippen molar-refractivity contribution in [3.05, 3.63) is 23.8 Å². The minimum absolute atomic E-state index is 0.0278. The largest absolute Gasteiger partial charge is 0.351 e. The van der Waals surface area contributed by atoms with Gasteiger partial charge in [0, 0.05) is 35.6 Å². The molecule has 2 fully saturated rings. The van der Waals surface area contributed by atoms with Crippen LogP contribution in [0.15, 0.2) is 23.1 Å². The number of rotatable bonds is 5. The van der Waals surface area contributed by atoms with Crippen LogP contribution < -0.4 is 10.6 Å². The van der Waals surface area contributed by atoms with Gasteiger partial charge in [0.1, 0.15) is 5.37 Å². The van der Waals surface area contributed by atoms with Gasteiger partial charge in [-0.2, -0.15) is 0 Å². The van der Waals surface area contributed by atoms with Crippen LogP contribution in [0.5, 0.6) is 0 Å². The summed E-state index contributed by atoms with van der Waals surface area (Å²) in [4.78, 5) is 31.1. The molecule has 4 rings (SSSR count). The topological polar surface area (TPSA) is 64.7 Å². The van der Waals surface area contributed by atoms with E-state index in [0.717, 1.165) is 43.1 Å². The van der Waals surface area contributed by atoms with Crippen molar-refractivity contribution >= 4 is 29.3 Å². The van der Waals surface area contributed by atoms with Gasteiger partial charge < -0.3 is 10.6 Å². The second-order valence-corrected chi connectivity index (χ2v) is 10.0. The number of likely N-dealkylation sites (tertiary alicyclic amines) is 2. The molecule has 2 amide bonds. The lowest BCUT2D eigenvalue weighted by Gasteiger charge is -2.39. The van der Waals surface area contributed by atoms with Gasteiger partial charge in [0.15, 0.2) is 0 Å². The third kappa shape index (κ3) is 4.84. The molecule has 0 saturated carbocycles. The fraction of sp³-hybridized carbons (Fsp3) is 0.652. The van der Waals surface area contributed by atoms with Crippen molar-refractivity contribution in [1.29, 1.82) is 0 Å². The average Bonchev–Trinajstić information content (AvgIpc) is 2.75. The Kier molecular flexibility index (Phi) is 7.01. The van der Waals surface area contributed by atoms with Crippen molar-refractivity contribution in [2.45, 2.75) is 74.7 Å². The van der Waals surface area contributed by atoms with Gasteiger partial charge in [0.25, 0.3) is 11.8 Å². The van der Waals surface area contributed by atoms with E-state index in [-0.39, 0.29) is 17.2 Å². The maximum absolute atomic E-state index is 12.7. The Morgan fingerprint density at radius 3 is 2.60 bits per heavy atom. The third-order valence-electron chi connectivity index (χ3n) is 6.72. The van der Waals surface area contributed by atoms with Gasteiger partial charge in [-0.1, -0.05) is 24.6 Å². The lowest BCUT2D eigenvalue weighted by molar-refractivity contribution is -0.118. The fourth-order valence-electron chi connectivity index (χ4n) is 4.95. The number of anilines is 1. The molecule has 7 heteroatoms. The Labute approximate surface area is 184 Å². The summed E-state index contributed by atoms with van der Waals surface area (Å²) >= 11 is 1.60. The smallest absolute Gasteiger partial charge is 0.252 e. The summed E-state index contributed by atoms with van der Waals surface area (Å²) in [6.07, 6.45) is 7.33. The Hall–Kier alpha value is -1.57. The van der Waals surface area contributed by atoms with E-state index in [1.165, 1.54) is 25.7 Å². The highest BCUT2D eigenvalue weighted by atomic mass is 32.2. The van der Waals surface area contributed by atoms with E-state index in [4.69, 9.17) is 0 Å². The molecule has 0 bridgehead atoms. The van der Waals surface area contributed by atoms with Crippen molar-refractivity contribution in [2.75, 3.05) is 31.5 Å². The van der Waals surface area contributed by atoms with E-state index in [9.17, 15) is 9.59 Å². The summed E-state index contributed by atoms with van der Waals surface area (Å²) in [5.41, 5.74) is 1.36. The number of thioether (sulfide) groups is 1. The molecule has 0 spiro atoms. The number of fused-ring (bicyclic) bond motifs is 1. The number of carbonyl (C=O) groups is 2. The molecule has 3 aliphatic heterocycles. The first-order valence-electron chi connectivity index (χ1n) is 11.4. The van der Waals surface area contributed by atoms with Gasteiger partial charge in [0.2, 0.25) is 0 Å². The van der Waals surface area contributed by atoms with Crippen molar-refractivity contribution in [2.24, 2.45) is 0 Å². The highest BCUT2D eigenvalue weighted by molar-refractivity contribution is 8.00. The molecule has 0 aliphatic carbocycles. The summed E-state index contributed by atoms with van der Waals surface area (Å²) in [5.74, 6) is -0.0486. The zero-order chi connectivity index (χ0) is 21.1. The number of nitrogens with one attached hydrogen (secondary N) is 2. The van der Waals surface area contributed by atoms with Crippen LogP contribution in [0.3, 0.4) is 0 Å². The lowest BCUT2D eigenvalue weighted by Crippen LogP contribution is -2.47. The minimum Gasteiger partial charge on any atom is -0.351 e. The zero-order valence-electron chi connectivity index (χ0n) is 18.2. The van der Waals surface area contributed by atoms with Crippen molar-refractivity contribution in [3.8, 4) is 0 Å². The Morgan fingerprint density at radius 1 is 1.13 bits per heavy atom. The summed E-state index contributed by atoms with van der Waals surface area (Å²) in [6, 6.07) is 6.82. The summed E-state index contributed by atoms with van der Waals surface area (Å²) in [5, 5.41) is 5.93. The lowest BCUT2D eigenvalue weighted by atomic mass is 9.98. The molecule has 6 nitrogen and oxygen atoms in total. The van der Waals surface area contributed by atoms with Crippen LogP contribution in [0, 0.1) is 0 Å². The van der Waals surface area contributed by atoms with E-state index in [1.807, 2.05) is 18.2 Å². The van der Waals surface area contributed by atoms with Gasteiger partial charge in [-0.25, -0.2) is 0 Å². The van der Waals surface area contributed by atoms with Crippen LogP contribution in [0.2, 0.25) is 0 Å². The van der Waals surface area contributed by atoms with Gasteiger partial charge in [-0.15, -0.1) is 0 Å². The van der Waals surface area contributed by atoms with E-state index < -0.39 is 0 Å². The average molecular weight is 431 g/mol. The van der Waals surface area contributed by atoms with Crippen LogP contribution in [-0.4, -0.2) is 65.3 Å². The van der Waals surface area contributed by atoms with Crippen LogP contribution in [-0.2, 0) is 4.79 Å². The standard InChI is InChI=1S/C23H34N4O2S/c1-16-7-6-8-17(2)27(16)14-11-24-21(28)18-9-10-20-19(15-18)25-22(29)23(30-20)26-12-4-3-5-13-26/h9-10,15-17,23H,3-8,11-14H2,1-2H3,(H,24,28)(H,25,29). The van der Waals surface area contributed by atoms with Crippen LogP contribution in [0.1, 0.15) is 62.7 Å². The maximum atomic E-state index is 12.7. The molecule has 3 unspecified atom stereocenters. The molecule has 3 aliphatic rings. The van der Waals surface area contributed by atoms with Crippen molar-refractivity contribution < 1.29 is 9.59 Å². The van der Waals surface area contributed by atoms with Crippen LogP contribution in [0.4, 0.5) is 5.69 Å². The highest BCUT2D eigenvalue weighted by Crippen LogP contribution is 2.38. The van der Waals surface area contributed by atoms with Crippen LogP contribution >= 0.6 is 11.8 Å². The number of hydrogen-bond acceptors (Lipinski definition) is 5. The van der Waals surface area contributed by atoms with Gasteiger partial charge in [0.05, 0.1) is 5.69 Å². The molecule has 30 heavy (non-hydrogen) atoms. The van der Waals surface area contributed by atoms with E-state index in [0.29, 0.717) is 24.2 Å². The van der Waals surface area contributed by atoms with Gasteiger partial charge >= 0.3 is 0 Å². The maximum Gasteiger partial charge on any atom is 0.252 e. The molecule has 164 valence electrons. The molecule has 3 atom stereocenters. The zero-order valence-corrected chi connectivity index (χ0v) is 19.0. The number of amides is 2. The summed E-state index contributed by atoms with van der Waals surface area (Å²) in [6.45, 7) is 8.03. The van der Waals surface area contributed by atoms with Crippen molar-refractivity contribution in [1.82, 2.24) is 15.1 Å². The second kappa shape index (κ2) is 9.71. The van der Waals surface area contributed by atoms with E-state index in [2.05, 4.69) is 34.3 Å². The Balaban J connectivity index is 1.34. The van der Waals surface area contributed by atoms with E-state index >= 15 is 0 Å². The first kappa shape index (κ1) is 21.7. The molecule has 1 aromatic carbocycles. The number of hydrogen-bond donors (Lipinski definition) is 2. The first-order valence-corrected chi connectivity index (χ1v) is 12.3. The summed E-state index contributed by atoms with van der Waals surface area (Å²) < 4.78 is 0.